The highest BCUT2D eigenvalue weighted by molar-refractivity contribution is 6.34. The molecular weight excluding hydrogens is 260 g/mol. The second-order valence-electron chi connectivity index (χ2n) is 4.18. The summed E-state index contributed by atoms with van der Waals surface area (Å²) in [6.45, 7) is 3.64. The molecule has 0 aliphatic rings. The summed E-state index contributed by atoms with van der Waals surface area (Å²) in [5, 5.41) is 13.7. The summed E-state index contributed by atoms with van der Waals surface area (Å²) in [5.74, 6) is 2.50. The zero-order valence-corrected chi connectivity index (χ0v) is 11.6. The Hall–Kier alpha value is -2.30. The lowest BCUT2D eigenvalue weighted by molar-refractivity contribution is 0.759. The zero-order chi connectivity index (χ0) is 14.2. The molecule has 0 bridgehead atoms. The van der Waals surface area contributed by atoms with Crippen LogP contribution in [0.1, 0.15) is 22.5 Å². The van der Waals surface area contributed by atoms with Crippen molar-refractivity contribution in [2.24, 2.45) is 7.05 Å². The molecule has 0 N–H and O–H groups in total. The number of hydrogen-bond acceptors (Lipinski definition) is 3. The Labute approximate surface area is 116 Å². The van der Waals surface area contributed by atoms with Crippen molar-refractivity contribution in [1.82, 2.24) is 14.8 Å². The topological polar surface area (TPSA) is 54.5 Å². The maximum Gasteiger partial charge on any atom is 0.131 e. The molecule has 0 spiro atoms. The minimum Gasteiger partial charge on any atom is -0.258 e. The van der Waals surface area contributed by atoms with Crippen LogP contribution in [0.4, 0.5) is 0 Å². The fraction of sp³-hybridized carbons (Fsp3) is 0.214. The van der Waals surface area contributed by atoms with Crippen molar-refractivity contribution in [2.45, 2.75) is 13.8 Å². The number of aryl methyl sites for hydroxylation is 3. The van der Waals surface area contributed by atoms with E-state index in [0.717, 1.165) is 5.56 Å². The van der Waals surface area contributed by atoms with E-state index in [4.69, 9.17) is 23.3 Å². The Bertz CT molecular complexity index is 744. The van der Waals surface area contributed by atoms with Gasteiger partial charge in [0.25, 0.3) is 0 Å². The van der Waals surface area contributed by atoms with Gasteiger partial charge in [0.2, 0.25) is 0 Å². The molecule has 19 heavy (non-hydrogen) atoms. The van der Waals surface area contributed by atoms with Crippen molar-refractivity contribution < 1.29 is 0 Å². The van der Waals surface area contributed by atoms with Gasteiger partial charge in [0, 0.05) is 7.05 Å². The van der Waals surface area contributed by atoms with E-state index in [1.807, 2.05) is 6.92 Å². The van der Waals surface area contributed by atoms with Crippen molar-refractivity contribution in [3.05, 3.63) is 33.6 Å². The number of terminal acetylenes is 1. The van der Waals surface area contributed by atoms with Crippen LogP contribution < -0.4 is 0 Å². The number of nitrogens with zero attached hydrogens (tertiary/aromatic N) is 4. The molecule has 0 aliphatic heterocycles. The minimum atomic E-state index is 0.407. The van der Waals surface area contributed by atoms with Gasteiger partial charge < -0.3 is 0 Å². The van der Waals surface area contributed by atoms with Gasteiger partial charge in [0.1, 0.15) is 22.5 Å². The molecule has 94 valence electrons. The Balaban J connectivity index is 2.71. The van der Waals surface area contributed by atoms with Gasteiger partial charge in [-0.3, -0.25) is 4.68 Å². The molecule has 0 atom stereocenters. The predicted octanol–water partition coefficient (Wildman–Crippen LogP) is 2.61. The average Bonchev–Trinajstić information content (AvgIpc) is 2.66. The second kappa shape index (κ2) is 4.76. The number of pyridine rings is 1. The molecule has 2 aromatic rings. The molecule has 0 fully saturated rings. The van der Waals surface area contributed by atoms with Crippen LogP contribution in [0.2, 0.25) is 5.02 Å². The normalized spacial score (nSPS) is 10.0. The van der Waals surface area contributed by atoms with Gasteiger partial charge in [-0.25, -0.2) is 4.98 Å². The molecule has 2 aromatic heterocycles. The molecule has 0 saturated heterocycles. The molecule has 0 aromatic carbocycles. The predicted molar refractivity (Wildman–Crippen MR) is 73.6 cm³/mol. The molecule has 0 unspecified atom stereocenters. The summed E-state index contributed by atoms with van der Waals surface area (Å²) in [6.07, 6.45) is 5.40. The van der Waals surface area contributed by atoms with Gasteiger partial charge >= 0.3 is 0 Å². The number of hydrogen-bond donors (Lipinski definition) is 0. The first-order valence-electron chi connectivity index (χ1n) is 5.57. The smallest absolute Gasteiger partial charge is 0.131 e. The van der Waals surface area contributed by atoms with E-state index >= 15 is 0 Å². The first kappa shape index (κ1) is 13.1. The van der Waals surface area contributed by atoms with Crippen LogP contribution in [0.5, 0.6) is 0 Å². The number of halogens is 1. The van der Waals surface area contributed by atoms with Gasteiger partial charge in [-0.1, -0.05) is 11.6 Å². The summed E-state index contributed by atoms with van der Waals surface area (Å²) in [7, 11) is 1.73. The maximum atomic E-state index is 8.98. The summed E-state index contributed by atoms with van der Waals surface area (Å²) in [5.41, 5.74) is 3.74. The van der Waals surface area contributed by atoms with E-state index in [-0.39, 0.29) is 0 Å². The number of nitriles is 1. The fourth-order valence-electron chi connectivity index (χ4n) is 1.86. The standard InChI is InChI=1S/C14H11ClN4/c1-5-11-12(15)14(18-19(11)4)13-8(2)6-10(7-16)9(3)17-13/h1,6H,2-4H3. The molecule has 0 saturated carbocycles. The molecule has 0 radical (unpaired) electrons. The summed E-state index contributed by atoms with van der Waals surface area (Å²) >= 11 is 6.23. The van der Waals surface area contributed by atoms with Gasteiger partial charge in [-0.05, 0) is 31.4 Å². The zero-order valence-electron chi connectivity index (χ0n) is 10.8. The van der Waals surface area contributed by atoms with Gasteiger partial charge in [-0.2, -0.15) is 10.4 Å². The van der Waals surface area contributed by atoms with Crippen molar-refractivity contribution in [2.75, 3.05) is 0 Å². The van der Waals surface area contributed by atoms with Crippen LogP contribution in [0.15, 0.2) is 6.07 Å². The average molecular weight is 271 g/mol. The molecule has 4 nitrogen and oxygen atoms in total. The lowest BCUT2D eigenvalue weighted by Gasteiger charge is -2.05. The van der Waals surface area contributed by atoms with Crippen LogP contribution in [-0.2, 0) is 7.05 Å². The SMILES string of the molecule is C#Cc1c(Cl)c(-c2nc(C)c(C#N)cc2C)nn1C. The van der Waals surface area contributed by atoms with E-state index in [9.17, 15) is 0 Å². The van der Waals surface area contributed by atoms with Crippen LogP contribution in [-0.4, -0.2) is 14.8 Å². The summed E-state index contributed by atoms with van der Waals surface area (Å²) in [4.78, 5) is 4.41. The molecule has 0 amide bonds. The summed E-state index contributed by atoms with van der Waals surface area (Å²) in [6, 6.07) is 3.88. The Kier molecular flexibility index (Phi) is 3.29. The molecule has 0 aliphatic carbocycles. The molecule has 5 heteroatoms. The Morgan fingerprint density at radius 3 is 2.58 bits per heavy atom. The van der Waals surface area contributed by atoms with Crippen molar-refractivity contribution in [3.8, 4) is 29.8 Å². The minimum absolute atomic E-state index is 0.407. The van der Waals surface area contributed by atoms with Crippen molar-refractivity contribution in [1.29, 1.82) is 5.26 Å². The van der Waals surface area contributed by atoms with E-state index in [0.29, 0.717) is 33.4 Å². The first-order valence-corrected chi connectivity index (χ1v) is 5.95. The number of aromatic nitrogens is 3. The van der Waals surface area contributed by atoms with Crippen LogP contribution >= 0.6 is 11.6 Å². The Morgan fingerprint density at radius 1 is 1.37 bits per heavy atom. The largest absolute Gasteiger partial charge is 0.258 e. The monoisotopic (exact) mass is 270 g/mol. The third-order valence-electron chi connectivity index (χ3n) is 2.87. The highest BCUT2D eigenvalue weighted by Crippen LogP contribution is 2.30. The van der Waals surface area contributed by atoms with E-state index < -0.39 is 0 Å². The van der Waals surface area contributed by atoms with E-state index in [1.165, 1.54) is 0 Å². The van der Waals surface area contributed by atoms with Gasteiger partial charge in [0.15, 0.2) is 0 Å². The van der Waals surface area contributed by atoms with E-state index in [2.05, 4.69) is 22.1 Å². The molecule has 2 rings (SSSR count). The van der Waals surface area contributed by atoms with Crippen LogP contribution in [0.25, 0.3) is 11.4 Å². The Morgan fingerprint density at radius 2 is 2.05 bits per heavy atom. The van der Waals surface area contributed by atoms with Crippen LogP contribution in [0, 0.1) is 37.5 Å². The van der Waals surface area contributed by atoms with Crippen LogP contribution in [0.3, 0.4) is 0 Å². The van der Waals surface area contributed by atoms with Gasteiger partial charge in [0.05, 0.1) is 17.0 Å². The van der Waals surface area contributed by atoms with Crippen molar-refractivity contribution in [3.63, 3.8) is 0 Å². The quantitative estimate of drug-likeness (QED) is 0.749. The highest BCUT2D eigenvalue weighted by atomic mass is 35.5. The highest BCUT2D eigenvalue weighted by Gasteiger charge is 2.18. The van der Waals surface area contributed by atoms with Crippen molar-refractivity contribution >= 4 is 11.6 Å². The lowest BCUT2D eigenvalue weighted by atomic mass is 10.1. The third kappa shape index (κ3) is 2.07. The maximum absolute atomic E-state index is 8.98. The lowest BCUT2D eigenvalue weighted by Crippen LogP contribution is -1.97. The van der Waals surface area contributed by atoms with Gasteiger partial charge in [-0.15, -0.1) is 6.42 Å². The summed E-state index contributed by atoms with van der Waals surface area (Å²) < 4.78 is 1.55. The first-order chi connectivity index (χ1) is 8.99. The van der Waals surface area contributed by atoms with E-state index in [1.54, 1.807) is 24.7 Å². The second-order valence-corrected chi connectivity index (χ2v) is 4.56. The third-order valence-corrected chi connectivity index (χ3v) is 3.23. The molecular formula is C14H11ClN4. The fourth-order valence-corrected chi connectivity index (χ4v) is 2.17. The molecule has 2 heterocycles. The number of rotatable bonds is 1.